The van der Waals surface area contributed by atoms with Gasteiger partial charge in [-0.15, -0.1) is 12.4 Å². The van der Waals surface area contributed by atoms with Crippen LogP contribution in [0.4, 0.5) is 0 Å². The van der Waals surface area contributed by atoms with Crippen molar-refractivity contribution in [2.75, 3.05) is 12.3 Å². The molecule has 98 valence electrons. The summed E-state index contributed by atoms with van der Waals surface area (Å²) in [7, 11) is -3.07. The first kappa shape index (κ1) is 16.2. The average Bonchev–Trinajstić information content (AvgIpc) is 2.18. The fourth-order valence-electron chi connectivity index (χ4n) is 1.83. The minimum Gasteiger partial charge on any atom is -0.313 e. The van der Waals surface area contributed by atoms with E-state index in [2.05, 4.69) is 10.0 Å². The summed E-state index contributed by atoms with van der Waals surface area (Å²) in [5, 5.41) is 3.28. The van der Waals surface area contributed by atoms with E-state index in [1.165, 1.54) is 0 Å². The van der Waals surface area contributed by atoms with Gasteiger partial charge < -0.3 is 5.32 Å². The highest BCUT2D eigenvalue weighted by atomic mass is 35.5. The summed E-state index contributed by atoms with van der Waals surface area (Å²) in [4.78, 5) is 0. The number of hydrogen-bond donors (Lipinski definition) is 2. The van der Waals surface area contributed by atoms with Crippen molar-refractivity contribution >= 4 is 22.4 Å². The summed E-state index contributed by atoms with van der Waals surface area (Å²) < 4.78 is 26.1. The number of nitrogens with one attached hydrogen (secondary N) is 2. The van der Waals surface area contributed by atoms with Crippen LogP contribution in [0.3, 0.4) is 0 Å². The molecule has 0 amide bonds. The molecule has 0 spiro atoms. The van der Waals surface area contributed by atoms with Crippen LogP contribution in [0.2, 0.25) is 0 Å². The molecular formula is C10H23ClN2O2S. The second kappa shape index (κ2) is 7.48. The standard InChI is InChI=1S/C10H22N2O2S.ClH/c1-3-4-8-15(13,14)12-10-6-5-7-11-9(10)2;/h9-12H,3-8H2,1-2H3;1H. The molecule has 0 radical (unpaired) electrons. The van der Waals surface area contributed by atoms with Crippen LogP contribution in [0.15, 0.2) is 0 Å². The van der Waals surface area contributed by atoms with Gasteiger partial charge in [-0.3, -0.25) is 0 Å². The molecule has 16 heavy (non-hydrogen) atoms. The van der Waals surface area contributed by atoms with Crippen LogP contribution in [-0.4, -0.2) is 32.8 Å². The van der Waals surface area contributed by atoms with Gasteiger partial charge in [0.05, 0.1) is 5.75 Å². The highest BCUT2D eigenvalue weighted by Gasteiger charge is 2.24. The third kappa shape index (κ3) is 5.48. The predicted molar refractivity (Wildman–Crippen MR) is 69.6 cm³/mol. The van der Waals surface area contributed by atoms with Crippen LogP contribution < -0.4 is 10.0 Å². The van der Waals surface area contributed by atoms with Gasteiger partial charge in [-0.2, -0.15) is 0 Å². The molecule has 1 saturated heterocycles. The van der Waals surface area contributed by atoms with Gasteiger partial charge in [0.25, 0.3) is 0 Å². The van der Waals surface area contributed by atoms with Crippen LogP contribution in [0.1, 0.15) is 39.5 Å². The second-order valence-electron chi connectivity index (χ2n) is 4.28. The molecular weight excluding hydrogens is 248 g/mol. The molecule has 0 bridgehead atoms. The minimum atomic E-state index is -3.07. The van der Waals surface area contributed by atoms with E-state index in [1.54, 1.807) is 0 Å². The molecule has 1 rings (SSSR count). The van der Waals surface area contributed by atoms with Crippen LogP contribution in [0.25, 0.3) is 0 Å². The zero-order chi connectivity index (χ0) is 11.3. The van der Waals surface area contributed by atoms with Gasteiger partial charge in [0.2, 0.25) is 10.0 Å². The van der Waals surface area contributed by atoms with Gasteiger partial charge in [0.15, 0.2) is 0 Å². The fraction of sp³-hybridized carbons (Fsp3) is 1.00. The van der Waals surface area contributed by atoms with E-state index in [0.29, 0.717) is 0 Å². The van der Waals surface area contributed by atoms with Gasteiger partial charge in [-0.1, -0.05) is 13.3 Å². The Labute approximate surface area is 105 Å². The predicted octanol–water partition coefficient (Wildman–Crippen LogP) is 1.27. The lowest BCUT2D eigenvalue weighted by molar-refractivity contribution is 0.348. The van der Waals surface area contributed by atoms with E-state index < -0.39 is 10.0 Å². The monoisotopic (exact) mass is 270 g/mol. The Hall–Kier alpha value is 0.160. The Bertz CT molecular complexity index is 283. The van der Waals surface area contributed by atoms with Crippen LogP contribution in [0.5, 0.6) is 0 Å². The molecule has 4 nitrogen and oxygen atoms in total. The van der Waals surface area contributed by atoms with Gasteiger partial charge in [-0.25, -0.2) is 13.1 Å². The summed E-state index contributed by atoms with van der Waals surface area (Å²) in [6.45, 7) is 5.03. The molecule has 0 aliphatic carbocycles. The lowest BCUT2D eigenvalue weighted by Gasteiger charge is -2.30. The summed E-state index contributed by atoms with van der Waals surface area (Å²) in [6, 6.07) is 0.316. The third-order valence-corrected chi connectivity index (χ3v) is 4.35. The lowest BCUT2D eigenvalue weighted by Crippen LogP contribution is -2.52. The van der Waals surface area contributed by atoms with Gasteiger partial charge in [-0.05, 0) is 32.7 Å². The molecule has 1 aliphatic heterocycles. The molecule has 2 atom stereocenters. The van der Waals surface area contributed by atoms with Crippen molar-refractivity contribution in [3.05, 3.63) is 0 Å². The summed E-state index contributed by atoms with van der Waals surface area (Å²) in [5.41, 5.74) is 0. The van der Waals surface area contributed by atoms with Crippen molar-refractivity contribution in [3.8, 4) is 0 Å². The molecule has 1 fully saturated rings. The van der Waals surface area contributed by atoms with Gasteiger partial charge in [0.1, 0.15) is 0 Å². The van der Waals surface area contributed by atoms with Gasteiger partial charge in [0, 0.05) is 12.1 Å². The van der Waals surface area contributed by atoms with Crippen LogP contribution in [0, 0.1) is 0 Å². The molecule has 2 unspecified atom stereocenters. The van der Waals surface area contributed by atoms with Crippen molar-refractivity contribution in [3.63, 3.8) is 0 Å². The molecule has 0 aromatic heterocycles. The van der Waals surface area contributed by atoms with Crippen molar-refractivity contribution in [2.45, 2.75) is 51.6 Å². The maximum atomic E-state index is 11.7. The Morgan fingerprint density at radius 2 is 2.12 bits per heavy atom. The number of halogens is 1. The van der Waals surface area contributed by atoms with E-state index >= 15 is 0 Å². The van der Waals surface area contributed by atoms with Crippen molar-refractivity contribution in [2.24, 2.45) is 0 Å². The molecule has 0 aromatic carbocycles. The first-order chi connectivity index (χ1) is 7.05. The topological polar surface area (TPSA) is 58.2 Å². The Morgan fingerprint density at radius 3 is 2.69 bits per heavy atom. The molecule has 6 heteroatoms. The van der Waals surface area contributed by atoms with Crippen molar-refractivity contribution < 1.29 is 8.42 Å². The quantitative estimate of drug-likeness (QED) is 0.791. The van der Waals surface area contributed by atoms with Crippen molar-refractivity contribution in [1.82, 2.24) is 10.0 Å². The summed E-state index contributed by atoms with van der Waals surface area (Å²) >= 11 is 0. The highest BCUT2D eigenvalue weighted by Crippen LogP contribution is 2.09. The molecule has 1 heterocycles. The largest absolute Gasteiger partial charge is 0.313 e. The van der Waals surface area contributed by atoms with Crippen LogP contribution in [-0.2, 0) is 10.0 Å². The fourth-order valence-corrected chi connectivity index (χ4v) is 3.40. The van der Waals surface area contributed by atoms with Crippen molar-refractivity contribution in [1.29, 1.82) is 0 Å². The third-order valence-electron chi connectivity index (χ3n) is 2.86. The average molecular weight is 271 g/mol. The van der Waals surface area contributed by atoms with Crippen LogP contribution >= 0.6 is 12.4 Å². The number of hydrogen-bond acceptors (Lipinski definition) is 3. The Balaban J connectivity index is 0.00000225. The Morgan fingerprint density at radius 1 is 1.44 bits per heavy atom. The maximum Gasteiger partial charge on any atom is 0.211 e. The van der Waals surface area contributed by atoms with E-state index in [4.69, 9.17) is 0 Å². The number of unbranched alkanes of at least 4 members (excludes halogenated alkanes) is 1. The van der Waals surface area contributed by atoms with E-state index in [-0.39, 0.29) is 30.2 Å². The molecule has 2 N–H and O–H groups in total. The SMILES string of the molecule is CCCCS(=O)(=O)NC1CCCNC1C.Cl. The minimum absolute atomic E-state index is 0. The zero-order valence-electron chi connectivity index (χ0n) is 10.0. The van der Waals surface area contributed by atoms with E-state index in [0.717, 1.165) is 32.2 Å². The smallest absolute Gasteiger partial charge is 0.211 e. The van der Waals surface area contributed by atoms with E-state index in [1.807, 2.05) is 13.8 Å². The molecule has 1 aliphatic rings. The molecule has 0 saturated carbocycles. The summed E-state index contributed by atoms with van der Waals surface area (Å²) in [6.07, 6.45) is 3.65. The highest BCUT2D eigenvalue weighted by molar-refractivity contribution is 7.89. The normalized spacial score (nSPS) is 26.1. The van der Waals surface area contributed by atoms with E-state index in [9.17, 15) is 8.42 Å². The second-order valence-corrected chi connectivity index (χ2v) is 6.16. The number of piperidine rings is 1. The number of rotatable bonds is 5. The maximum absolute atomic E-state index is 11.7. The zero-order valence-corrected chi connectivity index (χ0v) is 11.7. The lowest BCUT2D eigenvalue weighted by atomic mass is 10.0. The first-order valence-electron chi connectivity index (χ1n) is 5.78. The molecule has 0 aromatic rings. The Kier molecular flexibility index (Phi) is 7.55. The summed E-state index contributed by atoms with van der Waals surface area (Å²) in [5.74, 6) is 0.257. The van der Waals surface area contributed by atoms with Gasteiger partial charge >= 0.3 is 0 Å². The first-order valence-corrected chi connectivity index (χ1v) is 7.44. The number of sulfonamides is 1.